The van der Waals surface area contributed by atoms with Crippen molar-refractivity contribution in [1.29, 1.82) is 0 Å². The van der Waals surface area contributed by atoms with Crippen LogP contribution in [0, 0.1) is 11.3 Å². The topological polar surface area (TPSA) is 29.5 Å². The molecule has 0 amide bonds. The van der Waals surface area contributed by atoms with Crippen LogP contribution in [0.15, 0.2) is 30.3 Å². The number of benzene rings is 1. The lowest BCUT2D eigenvalue weighted by Crippen LogP contribution is -2.41. The molecule has 1 N–H and O–H groups in total. The highest BCUT2D eigenvalue weighted by atomic mass is 16.5. The van der Waals surface area contributed by atoms with E-state index in [1.165, 1.54) is 0 Å². The second-order valence-corrected chi connectivity index (χ2v) is 6.41. The minimum Gasteiger partial charge on any atom is -0.488 e. The minimum atomic E-state index is -0.330. The molecule has 1 aromatic rings. The van der Waals surface area contributed by atoms with Crippen molar-refractivity contribution in [2.45, 2.75) is 52.2 Å². The highest BCUT2D eigenvalue weighted by Gasteiger charge is 2.36. The van der Waals surface area contributed by atoms with Crippen molar-refractivity contribution in [3.05, 3.63) is 30.3 Å². The summed E-state index contributed by atoms with van der Waals surface area (Å²) in [6.07, 6.45) is 2.49. The normalized spacial score (nSPS) is 29.0. The molecule has 0 heterocycles. The van der Waals surface area contributed by atoms with Gasteiger partial charge in [0.2, 0.25) is 0 Å². The summed E-state index contributed by atoms with van der Waals surface area (Å²) in [5.41, 5.74) is 0.290. The van der Waals surface area contributed by atoms with Crippen molar-refractivity contribution in [2.24, 2.45) is 11.3 Å². The number of ether oxygens (including phenoxy) is 1. The Morgan fingerprint density at radius 3 is 2.39 bits per heavy atom. The zero-order chi connectivity index (χ0) is 13.2. The van der Waals surface area contributed by atoms with Crippen LogP contribution in [-0.4, -0.2) is 17.3 Å². The summed E-state index contributed by atoms with van der Waals surface area (Å²) < 4.78 is 5.94. The molecule has 0 spiro atoms. The van der Waals surface area contributed by atoms with Gasteiger partial charge in [-0.2, -0.15) is 0 Å². The predicted molar refractivity (Wildman–Crippen MR) is 73.7 cm³/mol. The van der Waals surface area contributed by atoms with Gasteiger partial charge in [0.05, 0.1) is 6.10 Å². The van der Waals surface area contributed by atoms with Gasteiger partial charge < -0.3 is 9.84 Å². The molecule has 2 nitrogen and oxygen atoms in total. The Morgan fingerprint density at radius 1 is 1.11 bits per heavy atom. The third kappa shape index (κ3) is 3.26. The zero-order valence-corrected chi connectivity index (χ0v) is 11.6. The van der Waals surface area contributed by atoms with Crippen molar-refractivity contribution in [1.82, 2.24) is 0 Å². The van der Waals surface area contributed by atoms with Gasteiger partial charge in [-0.3, -0.25) is 0 Å². The van der Waals surface area contributed by atoms with Crippen molar-refractivity contribution in [3.63, 3.8) is 0 Å². The number of para-hydroxylation sites is 1. The Kier molecular flexibility index (Phi) is 3.96. The lowest BCUT2D eigenvalue weighted by molar-refractivity contribution is -0.0297. The van der Waals surface area contributed by atoms with Crippen LogP contribution in [0.1, 0.15) is 40.0 Å². The van der Waals surface area contributed by atoms with Gasteiger partial charge >= 0.3 is 0 Å². The van der Waals surface area contributed by atoms with Crippen LogP contribution in [0.25, 0.3) is 0 Å². The molecule has 2 rings (SSSR count). The first kappa shape index (κ1) is 13.4. The Bertz CT molecular complexity index is 366. The van der Waals surface area contributed by atoms with Crippen LogP contribution in [0.4, 0.5) is 0 Å². The zero-order valence-electron chi connectivity index (χ0n) is 11.6. The van der Waals surface area contributed by atoms with E-state index in [2.05, 4.69) is 20.8 Å². The standard InChI is InChI=1S/C16H24O2/c1-16(2,3)12-9-10-14(17)15(11-12)18-13-7-5-4-6-8-13/h4-8,12,14-15,17H,9-11H2,1-3H3/t12-,14-,15-/m0/s1. The van der Waals surface area contributed by atoms with Crippen LogP contribution in [0.3, 0.4) is 0 Å². The third-order valence-corrected chi connectivity index (χ3v) is 4.01. The monoisotopic (exact) mass is 248 g/mol. The Morgan fingerprint density at radius 2 is 1.78 bits per heavy atom. The molecule has 3 atom stereocenters. The maximum absolute atomic E-state index is 10.1. The summed E-state index contributed by atoms with van der Waals surface area (Å²) in [6.45, 7) is 6.82. The van der Waals surface area contributed by atoms with Crippen LogP contribution >= 0.6 is 0 Å². The van der Waals surface area contributed by atoms with E-state index in [4.69, 9.17) is 4.74 Å². The summed E-state index contributed by atoms with van der Waals surface area (Å²) in [7, 11) is 0. The summed E-state index contributed by atoms with van der Waals surface area (Å²) in [6, 6.07) is 9.81. The molecular formula is C16H24O2. The van der Waals surface area contributed by atoms with E-state index in [0.717, 1.165) is 25.0 Å². The van der Waals surface area contributed by atoms with Gasteiger partial charge in [0.25, 0.3) is 0 Å². The number of rotatable bonds is 2. The lowest BCUT2D eigenvalue weighted by Gasteiger charge is -2.39. The minimum absolute atomic E-state index is 0.0645. The fourth-order valence-corrected chi connectivity index (χ4v) is 2.70. The van der Waals surface area contributed by atoms with Crippen LogP contribution < -0.4 is 4.74 Å². The molecule has 0 aliphatic heterocycles. The fraction of sp³-hybridized carbons (Fsp3) is 0.625. The number of aliphatic hydroxyl groups excluding tert-OH is 1. The largest absolute Gasteiger partial charge is 0.488 e. The second-order valence-electron chi connectivity index (χ2n) is 6.41. The van der Waals surface area contributed by atoms with Crippen molar-refractivity contribution >= 4 is 0 Å². The van der Waals surface area contributed by atoms with Crippen LogP contribution in [0.5, 0.6) is 5.75 Å². The van der Waals surface area contributed by atoms with E-state index in [9.17, 15) is 5.11 Å². The first-order valence-electron chi connectivity index (χ1n) is 6.86. The van der Waals surface area contributed by atoms with Crippen LogP contribution in [-0.2, 0) is 0 Å². The number of aliphatic hydroxyl groups is 1. The maximum Gasteiger partial charge on any atom is 0.125 e. The number of hydrogen-bond acceptors (Lipinski definition) is 2. The van der Waals surface area contributed by atoms with Gasteiger partial charge in [-0.1, -0.05) is 39.0 Å². The highest BCUT2D eigenvalue weighted by molar-refractivity contribution is 5.21. The average Bonchev–Trinajstić information content (AvgIpc) is 2.32. The van der Waals surface area contributed by atoms with E-state index in [-0.39, 0.29) is 12.2 Å². The third-order valence-electron chi connectivity index (χ3n) is 4.01. The average molecular weight is 248 g/mol. The fourth-order valence-electron chi connectivity index (χ4n) is 2.70. The Labute approximate surface area is 110 Å². The first-order valence-corrected chi connectivity index (χ1v) is 6.86. The molecule has 0 saturated heterocycles. The highest BCUT2D eigenvalue weighted by Crippen LogP contribution is 2.39. The van der Waals surface area contributed by atoms with Gasteiger partial charge in [-0.25, -0.2) is 0 Å². The SMILES string of the molecule is CC(C)(C)[C@H]1CC[C@H](O)[C@@H](Oc2ccccc2)C1. The second kappa shape index (κ2) is 5.31. The van der Waals surface area contributed by atoms with Crippen molar-refractivity contribution in [3.8, 4) is 5.75 Å². The molecule has 1 aromatic carbocycles. The molecule has 18 heavy (non-hydrogen) atoms. The van der Waals surface area contributed by atoms with Gasteiger partial charge in [0, 0.05) is 0 Å². The van der Waals surface area contributed by atoms with Gasteiger partial charge in [-0.05, 0) is 42.7 Å². The summed E-state index contributed by atoms with van der Waals surface area (Å²) in [5.74, 6) is 1.48. The number of hydrogen-bond donors (Lipinski definition) is 1. The summed E-state index contributed by atoms with van der Waals surface area (Å²) in [5, 5.41) is 10.1. The van der Waals surface area contributed by atoms with Crippen molar-refractivity contribution in [2.75, 3.05) is 0 Å². The quantitative estimate of drug-likeness (QED) is 0.865. The van der Waals surface area contributed by atoms with Gasteiger partial charge in [0.15, 0.2) is 0 Å². The van der Waals surface area contributed by atoms with E-state index in [1.807, 2.05) is 30.3 Å². The molecule has 2 heteroatoms. The smallest absolute Gasteiger partial charge is 0.125 e. The predicted octanol–water partition coefficient (Wildman–Crippen LogP) is 3.64. The van der Waals surface area contributed by atoms with E-state index >= 15 is 0 Å². The Hall–Kier alpha value is -1.02. The molecule has 0 aromatic heterocycles. The molecular weight excluding hydrogens is 224 g/mol. The molecule has 1 aliphatic rings. The van der Waals surface area contributed by atoms with E-state index in [1.54, 1.807) is 0 Å². The molecule has 1 aliphatic carbocycles. The lowest BCUT2D eigenvalue weighted by atomic mass is 9.71. The molecule has 0 bridgehead atoms. The molecule has 0 radical (unpaired) electrons. The van der Waals surface area contributed by atoms with Gasteiger partial charge in [0.1, 0.15) is 11.9 Å². The molecule has 1 fully saturated rings. The van der Waals surface area contributed by atoms with Crippen LogP contribution in [0.2, 0.25) is 0 Å². The van der Waals surface area contributed by atoms with E-state index in [0.29, 0.717) is 11.3 Å². The summed E-state index contributed by atoms with van der Waals surface area (Å²) >= 11 is 0. The molecule has 100 valence electrons. The van der Waals surface area contributed by atoms with Crippen molar-refractivity contribution < 1.29 is 9.84 Å². The first-order chi connectivity index (χ1) is 8.47. The van der Waals surface area contributed by atoms with E-state index < -0.39 is 0 Å². The maximum atomic E-state index is 10.1. The summed E-state index contributed by atoms with van der Waals surface area (Å²) in [4.78, 5) is 0. The molecule has 0 unspecified atom stereocenters. The Balaban J connectivity index is 2.02. The van der Waals surface area contributed by atoms with Gasteiger partial charge in [-0.15, -0.1) is 0 Å². The molecule has 1 saturated carbocycles.